The van der Waals surface area contributed by atoms with Crippen LogP contribution in [0.15, 0.2) is 30.3 Å². The first-order valence-corrected chi connectivity index (χ1v) is 7.13. The van der Waals surface area contributed by atoms with Gasteiger partial charge in [-0.3, -0.25) is 0 Å². The zero-order valence-corrected chi connectivity index (χ0v) is 13.5. The largest absolute Gasteiger partial charge is 0.393 e. The van der Waals surface area contributed by atoms with Crippen molar-refractivity contribution in [3.05, 3.63) is 35.9 Å². The SMILES string of the molecule is CC.CC(O)C(C)(C)C(C)(C)OCc1ccccc1. The number of aliphatic hydroxyl groups is 1. The van der Waals surface area contributed by atoms with E-state index in [1.54, 1.807) is 0 Å². The van der Waals surface area contributed by atoms with Crippen molar-refractivity contribution in [2.75, 3.05) is 0 Å². The molecule has 0 aliphatic carbocycles. The van der Waals surface area contributed by atoms with Gasteiger partial charge in [-0.1, -0.05) is 58.0 Å². The van der Waals surface area contributed by atoms with E-state index >= 15 is 0 Å². The van der Waals surface area contributed by atoms with Gasteiger partial charge in [-0.25, -0.2) is 0 Å². The number of aliphatic hydroxyl groups excluding tert-OH is 1. The van der Waals surface area contributed by atoms with Crippen LogP contribution in [-0.2, 0) is 11.3 Å². The van der Waals surface area contributed by atoms with Crippen LogP contribution in [0.25, 0.3) is 0 Å². The Hall–Kier alpha value is -0.860. The second kappa shape index (κ2) is 7.66. The lowest BCUT2D eigenvalue weighted by Crippen LogP contribution is -2.48. The first-order chi connectivity index (χ1) is 8.77. The van der Waals surface area contributed by atoms with Crippen molar-refractivity contribution in [3.63, 3.8) is 0 Å². The van der Waals surface area contributed by atoms with E-state index in [2.05, 4.69) is 0 Å². The maximum atomic E-state index is 9.83. The lowest BCUT2D eigenvalue weighted by atomic mass is 9.73. The van der Waals surface area contributed by atoms with E-state index in [9.17, 15) is 5.11 Å². The highest BCUT2D eigenvalue weighted by molar-refractivity contribution is 5.13. The van der Waals surface area contributed by atoms with Gasteiger partial charge in [0.25, 0.3) is 0 Å². The molecule has 1 N–H and O–H groups in total. The van der Waals surface area contributed by atoms with Gasteiger partial charge in [0.15, 0.2) is 0 Å². The maximum absolute atomic E-state index is 9.83. The van der Waals surface area contributed by atoms with Gasteiger partial charge in [-0.05, 0) is 26.3 Å². The Bertz CT molecular complexity index is 340. The van der Waals surface area contributed by atoms with Gasteiger partial charge < -0.3 is 9.84 Å². The molecule has 19 heavy (non-hydrogen) atoms. The third kappa shape index (κ3) is 4.96. The molecule has 1 atom stereocenters. The van der Waals surface area contributed by atoms with Gasteiger partial charge in [0.1, 0.15) is 0 Å². The maximum Gasteiger partial charge on any atom is 0.0724 e. The molecule has 0 aromatic heterocycles. The van der Waals surface area contributed by atoms with Crippen molar-refractivity contribution >= 4 is 0 Å². The summed E-state index contributed by atoms with van der Waals surface area (Å²) in [4.78, 5) is 0. The van der Waals surface area contributed by atoms with Gasteiger partial charge >= 0.3 is 0 Å². The van der Waals surface area contributed by atoms with Crippen LogP contribution in [-0.4, -0.2) is 16.8 Å². The molecule has 1 aromatic rings. The second-order valence-corrected chi connectivity index (χ2v) is 5.68. The predicted molar refractivity (Wildman–Crippen MR) is 82.1 cm³/mol. The minimum atomic E-state index is -0.409. The van der Waals surface area contributed by atoms with Crippen LogP contribution in [0.2, 0.25) is 0 Å². The van der Waals surface area contributed by atoms with Crippen molar-refractivity contribution in [2.24, 2.45) is 5.41 Å². The summed E-state index contributed by atoms with van der Waals surface area (Å²) in [6.07, 6.45) is -0.409. The lowest BCUT2D eigenvalue weighted by molar-refractivity contribution is -0.145. The molecule has 110 valence electrons. The molecule has 2 heteroatoms. The Balaban J connectivity index is 0.00000154. The standard InChI is InChI=1S/C15H24O2.C2H6/c1-12(16)14(2,3)15(4,5)17-11-13-9-7-6-8-10-13;1-2/h6-10,12,16H,11H2,1-5H3;1-2H3. The Morgan fingerprint density at radius 2 is 1.53 bits per heavy atom. The molecule has 0 aliphatic heterocycles. The number of hydrogen-bond acceptors (Lipinski definition) is 2. The van der Waals surface area contributed by atoms with E-state index in [-0.39, 0.29) is 11.0 Å². The molecular weight excluding hydrogens is 236 g/mol. The first-order valence-electron chi connectivity index (χ1n) is 7.13. The first kappa shape index (κ1) is 18.1. The minimum absolute atomic E-state index is 0.290. The normalized spacial score (nSPS) is 13.5. The summed E-state index contributed by atoms with van der Waals surface area (Å²) in [6, 6.07) is 10.1. The van der Waals surface area contributed by atoms with Crippen molar-refractivity contribution in [2.45, 2.75) is 66.8 Å². The topological polar surface area (TPSA) is 29.5 Å². The zero-order valence-electron chi connectivity index (χ0n) is 13.5. The van der Waals surface area contributed by atoms with Crippen LogP contribution >= 0.6 is 0 Å². The van der Waals surface area contributed by atoms with Crippen LogP contribution in [0, 0.1) is 5.41 Å². The van der Waals surface area contributed by atoms with E-state index in [1.165, 1.54) is 0 Å². The Morgan fingerprint density at radius 1 is 1.05 bits per heavy atom. The van der Waals surface area contributed by atoms with Crippen LogP contribution in [0.4, 0.5) is 0 Å². The summed E-state index contributed by atoms with van der Waals surface area (Å²) in [5.41, 5.74) is 0.487. The van der Waals surface area contributed by atoms with E-state index < -0.39 is 6.10 Å². The van der Waals surface area contributed by atoms with Gasteiger partial charge in [0, 0.05) is 5.41 Å². The zero-order chi connectivity index (χ0) is 15.1. The molecule has 0 saturated heterocycles. The van der Waals surface area contributed by atoms with Crippen molar-refractivity contribution < 1.29 is 9.84 Å². The van der Waals surface area contributed by atoms with Gasteiger partial charge in [0.05, 0.1) is 18.3 Å². The average molecular weight is 266 g/mol. The predicted octanol–water partition coefficient (Wildman–Crippen LogP) is 4.42. The smallest absolute Gasteiger partial charge is 0.0724 e. The molecule has 1 unspecified atom stereocenters. The highest BCUT2D eigenvalue weighted by Crippen LogP contribution is 2.37. The third-order valence-electron chi connectivity index (χ3n) is 4.04. The number of benzene rings is 1. The summed E-state index contributed by atoms with van der Waals surface area (Å²) in [5, 5.41) is 9.83. The fourth-order valence-electron chi connectivity index (χ4n) is 1.53. The van der Waals surface area contributed by atoms with Gasteiger partial charge in [-0.15, -0.1) is 0 Å². The number of ether oxygens (including phenoxy) is 1. The summed E-state index contributed by atoms with van der Waals surface area (Å²) in [7, 11) is 0. The molecule has 0 amide bonds. The van der Waals surface area contributed by atoms with Crippen molar-refractivity contribution in [1.29, 1.82) is 0 Å². The van der Waals surface area contributed by atoms with E-state index in [1.807, 2.05) is 78.8 Å². The van der Waals surface area contributed by atoms with Crippen LogP contribution < -0.4 is 0 Å². The summed E-state index contributed by atoms with van der Waals surface area (Å²) in [6.45, 7) is 14.5. The Labute approximate surface area is 118 Å². The highest BCUT2D eigenvalue weighted by atomic mass is 16.5. The summed E-state index contributed by atoms with van der Waals surface area (Å²) >= 11 is 0. The molecule has 1 rings (SSSR count). The van der Waals surface area contributed by atoms with Crippen LogP contribution in [0.3, 0.4) is 0 Å². The van der Waals surface area contributed by atoms with E-state index in [0.717, 1.165) is 5.56 Å². The number of rotatable bonds is 5. The molecule has 0 spiro atoms. The highest BCUT2D eigenvalue weighted by Gasteiger charge is 2.41. The molecule has 0 saturated carbocycles. The summed E-state index contributed by atoms with van der Waals surface area (Å²) < 4.78 is 5.98. The molecule has 2 nitrogen and oxygen atoms in total. The molecular formula is C17H30O2. The molecule has 1 aromatic carbocycles. The molecule has 0 heterocycles. The monoisotopic (exact) mass is 266 g/mol. The fourth-order valence-corrected chi connectivity index (χ4v) is 1.53. The number of hydrogen-bond donors (Lipinski definition) is 1. The average Bonchev–Trinajstić information content (AvgIpc) is 2.39. The molecule has 0 bridgehead atoms. The van der Waals surface area contributed by atoms with Gasteiger partial charge in [-0.2, -0.15) is 0 Å². The van der Waals surface area contributed by atoms with Crippen molar-refractivity contribution in [3.8, 4) is 0 Å². The Kier molecular flexibility index (Phi) is 7.32. The van der Waals surface area contributed by atoms with Crippen LogP contribution in [0.1, 0.15) is 54.0 Å². The summed E-state index contributed by atoms with van der Waals surface area (Å²) in [5.74, 6) is 0. The molecule has 0 aliphatic rings. The minimum Gasteiger partial charge on any atom is -0.393 e. The Morgan fingerprint density at radius 3 is 1.95 bits per heavy atom. The fraction of sp³-hybridized carbons (Fsp3) is 0.647. The lowest BCUT2D eigenvalue weighted by Gasteiger charge is -2.43. The third-order valence-corrected chi connectivity index (χ3v) is 4.04. The van der Waals surface area contributed by atoms with Crippen LogP contribution in [0.5, 0.6) is 0 Å². The quantitative estimate of drug-likeness (QED) is 0.855. The van der Waals surface area contributed by atoms with Gasteiger partial charge in [0.2, 0.25) is 0 Å². The molecule has 0 radical (unpaired) electrons. The van der Waals surface area contributed by atoms with Crippen molar-refractivity contribution in [1.82, 2.24) is 0 Å². The van der Waals surface area contributed by atoms with E-state index in [4.69, 9.17) is 4.74 Å². The second-order valence-electron chi connectivity index (χ2n) is 5.68. The molecule has 0 fully saturated rings. The van der Waals surface area contributed by atoms with E-state index in [0.29, 0.717) is 6.61 Å².